The Morgan fingerprint density at radius 1 is 1.12 bits per heavy atom. The first-order valence-corrected chi connectivity index (χ1v) is 12.1. The van der Waals surface area contributed by atoms with Crippen molar-refractivity contribution >= 4 is 5.97 Å². The summed E-state index contributed by atoms with van der Waals surface area (Å²) in [4.78, 5) is 35.9. The van der Waals surface area contributed by atoms with Gasteiger partial charge in [0, 0.05) is 5.41 Å². The summed E-state index contributed by atoms with van der Waals surface area (Å²) in [6, 6.07) is 0. The molecule has 7 heteroatoms. The van der Waals surface area contributed by atoms with Crippen molar-refractivity contribution in [3.63, 3.8) is 0 Å². The zero-order chi connectivity index (χ0) is 23.2. The van der Waals surface area contributed by atoms with Crippen LogP contribution in [0.4, 0.5) is 0 Å². The van der Waals surface area contributed by atoms with Crippen molar-refractivity contribution in [3.8, 4) is 0 Å². The highest BCUT2D eigenvalue weighted by atomic mass is 17.2. The van der Waals surface area contributed by atoms with E-state index < -0.39 is 16.8 Å². The largest absolute Gasteiger partial charge is 0.469 e. The van der Waals surface area contributed by atoms with Crippen LogP contribution in [-0.4, -0.2) is 47.7 Å². The number of esters is 1. The van der Waals surface area contributed by atoms with Crippen LogP contribution in [0.1, 0.15) is 80.1 Å². The van der Waals surface area contributed by atoms with Gasteiger partial charge in [-0.3, -0.25) is 4.79 Å². The van der Waals surface area contributed by atoms with Crippen LogP contribution in [-0.2, 0) is 33.8 Å². The van der Waals surface area contributed by atoms with Crippen LogP contribution in [0.25, 0.3) is 0 Å². The minimum absolute atomic E-state index is 0.105. The lowest BCUT2D eigenvalue weighted by Gasteiger charge is -2.63. The molecular weight excluding hydrogens is 412 g/mol. The van der Waals surface area contributed by atoms with Crippen LogP contribution < -0.4 is 0 Å². The molecule has 9 unspecified atom stereocenters. The molecule has 1 saturated carbocycles. The van der Waals surface area contributed by atoms with E-state index in [1.165, 1.54) is 12.7 Å². The van der Waals surface area contributed by atoms with Gasteiger partial charge in [0.05, 0.1) is 19.1 Å². The average Bonchev–Trinajstić information content (AvgIpc) is 3.08. The fourth-order valence-electron chi connectivity index (χ4n) is 7.06. The van der Waals surface area contributed by atoms with Gasteiger partial charge in [-0.15, -0.1) is 0 Å². The number of hydrogen-bond donors (Lipinski definition) is 0. The Bertz CT molecular complexity index is 820. The minimum Gasteiger partial charge on any atom is -0.469 e. The van der Waals surface area contributed by atoms with Crippen LogP contribution in [0, 0.1) is 17.3 Å². The van der Waals surface area contributed by atoms with Crippen molar-refractivity contribution < 1.29 is 33.8 Å². The van der Waals surface area contributed by atoms with Crippen LogP contribution >= 0.6 is 0 Å². The maximum absolute atomic E-state index is 11.9. The highest BCUT2D eigenvalue weighted by Gasteiger charge is 2.75. The first-order chi connectivity index (χ1) is 14.9. The smallest absolute Gasteiger partial charge is 0.311 e. The second-order valence-electron chi connectivity index (χ2n) is 11.7. The summed E-state index contributed by atoms with van der Waals surface area (Å²) < 4.78 is 11.9. The maximum Gasteiger partial charge on any atom is 0.311 e. The predicted molar refractivity (Wildman–Crippen MR) is 115 cm³/mol. The maximum atomic E-state index is 11.9. The van der Waals surface area contributed by atoms with E-state index >= 15 is 0 Å². The monoisotopic (exact) mass is 450 g/mol. The predicted octanol–water partition coefficient (Wildman–Crippen LogP) is 4.44. The highest BCUT2D eigenvalue weighted by Crippen LogP contribution is 2.69. The molecule has 32 heavy (non-hydrogen) atoms. The lowest BCUT2D eigenvalue weighted by atomic mass is 9.49. The van der Waals surface area contributed by atoms with Gasteiger partial charge in [0.15, 0.2) is 5.60 Å². The summed E-state index contributed by atoms with van der Waals surface area (Å²) in [7, 11) is 1.40. The molecule has 9 atom stereocenters. The van der Waals surface area contributed by atoms with Crippen molar-refractivity contribution in [1.82, 2.24) is 0 Å². The Hall–Kier alpha value is -0.990. The van der Waals surface area contributed by atoms with Gasteiger partial charge in [0.2, 0.25) is 0 Å². The first-order valence-electron chi connectivity index (χ1n) is 12.1. The Morgan fingerprint density at radius 2 is 1.88 bits per heavy atom. The quantitative estimate of drug-likeness (QED) is 0.358. The van der Waals surface area contributed by atoms with Crippen molar-refractivity contribution in [3.05, 3.63) is 11.6 Å². The second-order valence-corrected chi connectivity index (χ2v) is 11.7. The molecule has 0 aromatic heterocycles. The third-order valence-electron chi connectivity index (χ3n) is 9.91. The van der Waals surface area contributed by atoms with Crippen LogP contribution in [0.2, 0.25) is 0 Å². The molecule has 4 aliphatic heterocycles. The number of carbonyl (C=O) groups excluding carboxylic acids is 1. The molecule has 0 radical (unpaired) electrons. The standard InChI is InChI=1S/C25H38O7/c1-15-12-17-13-21(3)10-11-25(17,32-30-21)24(6)22(15,4)14-19(28-24)23(5)9-8-18(29-31-23)16(2)20(26)27-7/h13,15-16,18-19H,8-12,14H2,1-7H3. The van der Waals surface area contributed by atoms with Crippen molar-refractivity contribution in [2.24, 2.45) is 17.3 Å². The fraction of sp³-hybridized carbons (Fsp3) is 0.880. The van der Waals surface area contributed by atoms with E-state index in [-0.39, 0.29) is 35.1 Å². The number of ether oxygens (including phenoxy) is 2. The Morgan fingerprint density at radius 3 is 2.47 bits per heavy atom. The average molecular weight is 451 g/mol. The van der Waals surface area contributed by atoms with E-state index in [9.17, 15) is 4.79 Å². The zero-order valence-corrected chi connectivity index (χ0v) is 20.5. The van der Waals surface area contributed by atoms with E-state index in [2.05, 4.69) is 40.7 Å². The van der Waals surface area contributed by atoms with Crippen molar-refractivity contribution in [2.75, 3.05) is 7.11 Å². The Balaban J connectivity index is 1.41. The number of rotatable bonds is 3. The summed E-state index contributed by atoms with van der Waals surface area (Å²) in [6.07, 6.45) is 6.95. The molecule has 4 heterocycles. The molecule has 0 amide bonds. The van der Waals surface area contributed by atoms with E-state index in [1.54, 1.807) is 0 Å². The molecule has 3 saturated heterocycles. The second kappa shape index (κ2) is 7.01. The van der Waals surface area contributed by atoms with E-state index in [0.29, 0.717) is 12.3 Å². The Labute approximate surface area is 190 Å². The van der Waals surface area contributed by atoms with Gasteiger partial charge in [-0.1, -0.05) is 13.8 Å². The summed E-state index contributed by atoms with van der Waals surface area (Å²) in [5, 5.41) is 0. The summed E-state index contributed by atoms with van der Waals surface area (Å²) >= 11 is 0. The molecule has 6 rings (SSSR count). The van der Waals surface area contributed by atoms with E-state index in [1.807, 2.05) is 6.92 Å². The molecule has 6 aliphatic rings. The van der Waals surface area contributed by atoms with Gasteiger partial charge in [-0.2, -0.15) is 0 Å². The molecule has 2 bridgehead atoms. The fourth-order valence-corrected chi connectivity index (χ4v) is 7.06. The van der Waals surface area contributed by atoms with Gasteiger partial charge in [-0.05, 0) is 83.8 Å². The molecule has 0 N–H and O–H groups in total. The highest BCUT2D eigenvalue weighted by molar-refractivity contribution is 5.72. The third-order valence-corrected chi connectivity index (χ3v) is 9.91. The summed E-state index contributed by atoms with van der Waals surface area (Å²) in [6.45, 7) is 12.9. The molecule has 180 valence electrons. The minimum atomic E-state index is -0.603. The third kappa shape index (κ3) is 2.81. The number of carbonyl (C=O) groups is 1. The van der Waals surface area contributed by atoms with Crippen molar-refractivity contribution in [2.45, 2.75) is 115 Å². The van der Waals surface area contributed by atoms with Crippen LogP contribution in [0.15, 0.2) is 11.6 Å². The number of fused-ring (bicyclic) bond motifs is 3. The molecule has 4 fully saturated rings. The molecule has 1 spiro atoms. The molecule has 2 aliphatic carbocycles. The van der Waals surface area contributed by atoms with Gasteiger partial charge >= 0.3 is 5.97 Å². The van der Waals surface area contributed by atoms with Crippen molar-refractivity contribution in [1.29, 1.82) is 0 Å². The normalized spacial score (nSPS) is 53.2. The van der Waals surface area contributed by atoms with Gasteiger partial charge in [0.1, 0.15) is 22.9 Å². The summed E-state index contributed by atoms with van der Waals surface area (Å²) in [5.74, 6) is -0.222. The zero-order valence-electron chi connectivity index (χ0n) is 20.5. The topological polar surface area (TPSA) is 72.5 Å². The van der Waals surface area contributed by atoms with Gasteiger partial charge < -0.3 is 9.47 Å². The number of methoxy groups -OCH3 is 1. The van der Waals surface area contributed by atoms with Crippen LogP contribution in [0.3, 0.4) is 0 Å². The Kier molecular flexibility index (Phi) is 4.99. The van der Waals surface area contributed by atoms with Gasteiger partial charge in [-0.25, -0.2) is 19.6 Å². The summed E-state index contributed by atoms with van der Waals surface area (Å²) in [5.41, 5.74) is -0.826. The first kappa shape index (κ1) is 22.8. The number of hydrogen-bond acceptors (Lipinski definition) is 7. The van der Waals surface area contributed by atoms with E-state index in [4.69, 9.17) is 29.0 Å². The van der Waals surface area contributed by atoms with Gasteiger partial charge in [0.25, 0.3) is 0 Å². The molecule has 0 aromatic rings. The van der Waals surface area contributed by atoms with E-state index in [0.717, 1.165) is 32.1 Å². The molecular formula is C25H38O7. The SMILES string of the molecule is COC(=O)C(C)C1CCC(C)(C2CC3(C)C(C)CC4=CC5(C)CCC4(OO5)C3(C)O2)OO1. The lowest BCUT2D eigenvalue weighted by molar-refractivity contribution is -0.467. The lowest BCUT2D eigenvalue weighted by Crippen LogP contribution is -2.71. The molecule has 7 nitrogen and oxygen atoms in total. The molecule has 0 aromatic carbocycles. The van der Waals surface area contributed by atoms with Crippen LogP contribution in [0.5, 0.6) is 0 Å².